The molecule has 1 aromatic rings. The van der Waals surface area contributed by atoms with E-state index >= 15 is 0 Å². The van der Waals surface area contributed by atoms with Gasteiger partial charge >= 0.3 is 5.97 Å². The number of ether oxygens (including phenoxy) is 3. The first-order valence-electron chi connectivity index (χ1n) is 8.64. The van der Waals surface area contributed by atoms with Gasteiger partial charge in [-0.25, -0.2) is 4.79 Å². The second-order valence-electron chi connectivity index (χ2n) is 6.42. The van der Waals surface area contributed by atoms with Crippen molar-refractivity contribution in [2.24, 2.45) is 5.92 Å². The number of carbonyl (C=O) groups is 2. The van der Waals surface area contributed by atoms with Gasteiger partial charge in [-0.15, -0.1) is 0 Å². The Morgan fingerprint density at radius 1 is 1.39 bits per heavy atom. The number of hydrogen-bond acceptors (Lipinski definition) is 8. The van der Waals surface area contributed by atoms with Gasteiger partial charge in [0.1, 0.15) is 11.1 Å². The highest BCUT2D eigenvalue weighted by molar-refractivity contribution is 5.96. The van der Waals surface area contributed by atoms with Crippen molar-refractivity contribution in [2.45, 2.75) is 32.2 Å². The number of benzene rings is 1. The first kappa shape index (κ1) is 21.0. The monoisotopic (exact) mass is 391 g/mol. The van der Waals surface area contributed by atoms with Gasteiger partial charge in [0.25, 0.3) is 11.6 Å². The van der Waals surface area contributed by atoms with Gasteiger partial charge in [-0.3, -0.25) is 14.9 Å². The molecule has 1 atom stereocenters. The van der Waals surface area contributed by atoms with Gasteiger partial charge in [-0.05, 0) is 32.6 Å². The molecule has 0 bridgehead atoms. The SMILES string of the molecule is CCOc1cc([N+](=O)[O-])c(C(=O)OCC(=O)N[C@](C)(C#N)C2CC2)cc1OC. The fourth-order valence-corrected chi connectivity index (χ4v) is 2.71. The summed E-state index contributed by atoms with van der Waals surface area (Å²) in [4.78, 5) is 34.9. The number of carbonyl (C=O) groups excluding carboxylic acids is 2. The quantitative estimate of drug-likeness (QED) is 0.383. The van der Waals surface area contributed by atoms with Crippen molar-refractivity contribution in [2.75, 3.05) is 20.3 Å². The van der Waals surface area contributed by atoms with Crippen LogP contribution in [0, 0.1) is 27.4 Å². The first-order chi connectivity index (χ1) is 13.3. The van der Waals surface area contributed by atoms with Crippen molar-refractivity contribution in [1.29, 1.82) is 5.26 Å². The van der Waals surface area contributed by atoms with Crippen LogP contribution in [-0.2, 0) is 9.53 Å². The zero-order chi connectivity index (χ0) is 20.9. The Morgan fingerprint density at radius 3 is 2.57 bits per heavy atom. The van der Waals surface area contributed by atoms with Gasteiger partial charge < -0.3 is 19.5 Å². The van der Waals surface area contributed by atoms with Crippen LogP contribution in [0.5, 0.6) is 11.5 Å². The summed E-state index contributed by atoms with van der Waals surface area (Å²) in [6.45, 7) is 2.88. The van der Waals surface area contributed by atoms with Crippen LogP contribution in [-0.4, -0.2) is 42.7 Å². The summed E-state index contributed by atoms with van der Waals surface area (Å²) in [5.41, 5.74) is -1.93. The molecule has 1 amide bonds. The average Bonchev–Trinajstić information content (AvgIpc) is 3.51. The number of nitro benzene ring substituents is 1. The molecule has 1 saturated carbocycles. The van der Waals surface area contributed by atoms with E-state index in [1.54, 1.807) is 13.8 Å². The summed E-state index contributed by atoms with van der Waals surface area (Å²) in [6, 6.07) is 4.26. The van der Waals surface area contributed by atoms with Crippen LogP contribution < -0.4 is 14.8 Å². The zero-order valence-corrected chi connectivity index (χ0v) is 15.8. The van der Waals surface area contributed by atoms with E-state index in [1.807, 2.05) is 0 Å². The van der Waals surface area contributed by atoms with Crippen molar-refractivity contribution < 1.29 is 28.7 Å². The van der Waals surface area contributed by atoms with Crippen LogP contribution in [0.3, 0.4) is 0 Å². The molecule has 0 saturated heterocycles. The topological polar surface area (TPSA) is 141 Å². The molecular formula is C18H21N3O7. The number of rotatable bonds is 9. The van der Waals surface area contributed by atoms with E-state index in [9.17, 15) is 25.0 Å². The van der Waals surface area contributed by atoms with E-state index in [-0.39, 0.29) is 29.6 Å². The average molecular weight is 391 g/mol. The number of esters is 1. The molecule has 150 valence electrons. The molecule has 1 aromatic carbocycles. The Balaban J connectivity index is 2.13. The maximum Gasteiger partial charge on any atom is 0.345 e. The summed E-state index contributed by atoms with van der Waals surface area (Å²) in [7, 11) is 1.33. The molecule has 0 unspecified atom stereocenters. The summed E-state index contributed by atoms with van der Waals surface area (Å²) in [6.07, 6.45) is 1.67. The van der Waals surface area contributed by atoms with E-state index in [2.05, 4.69) is 11.4 Å². The molecule has 1 aliphatic carbocycles. The minimum Gasteiger partial charge on any atom is -0.493 e. The van der Waals surface area contributed by atoms with Crippen molar-refractivity contribution in [3.8, 4) is 17.6 Å². The maximum atomic E-state index is 12.3. The summed E-state index contributed by atoms with van der Waals surface area (Å²) >= 11 is 0. The third-order valence-electron chi connectivity index (χ3n) is 4.36. The second-order valence-corrected chi connectivity index (χ2v) is 6.42. The molecular weight excluding hydrogens is 370 g/mol. The van der Waals surface area contributed by atoms with Crippen LogP contribution in [0.2, 0.25) is 0 Å². The smallest absolute Gasteiger partial charge is 0.345 e. The van der Waals surface area contributed by atoms with E-state index in [4.69, 9.17) is 14.2 Å². The molecule has 1 aliphatic rings. The normalized spacial score (nSPS) is 14.9. The Bertz CT molecular complexity index is 829. The minimum absolute atomic E-state index is 0.0635. The summed E-state index contributed by atoms with van der Waals surface area (Å²) in [5.74, 6) is -1.43. The molecule has 0 aliphatic heterocycles. The standard InChI is InChI=1S/C18H21N3O7/c1-4-27-15-8-13(21(24)25)12(7-14(15)26-3)17(23)28-9-16(22)20-18(2,10-19)11-5-6-11/h7-8,11H,4-6,9H2,1-3H3,(H,20,22)/t18-/m1/s1. The highest BCUT2D eigenvalue weighted by Gasteiger charge is 2.43. The van der Waals surface area contributed by atoms with Crippen molar-refractivity contribution in [1.82, 2.24) is 5.32 Å². The third-order valence-corrected chi connectivity index (χ3v) is 4.36. The van der Waals surface area contributed by atoms with E-state index in [0.29, 0.717) is 0 Å². The van der Waals surface area contributed by atoms with E-state index < -0.39 is 34.6 Å². The highest BCUT2D eigenvalue weighted by Crippen LogP contribution is 2.39. The Kier molecular flexibility index (Phi) is 6.41. The van der Waals surface area contributed by atoms with Crippen molar-refractivity contribution >= 4 is 17.6 Å². The predicted octanol–water partition coefficient (Wildman–Crippen LogP) is 1.97. The van der Waals surface area contributed by atoms with Crippen LogP contribution >= 0.6 is 0 Å². The van der Waals surface area contributed by atoms with Gasteiger partial charge in [0.15, 0.2) is 18.1 Å². The van der Waals surface area contributed by atoms with Crippen LogP contribution in [0.25, 0.3) is 0 Å². The van der Waals surface area contributed by atoms with Gasteiger partial charge in [0.05, 0.1) is 30.8 Å². The van der Waals surface area contributed by atoms with E-state index in [0.717, 1.165) is 25.0 Å². The van der Waals surface area contributed by atoms with E-state index in [1.165, 1.54) is 7.11 Å². The highest BCUT2D eigenvalue weighted by atomic mass is 16.6. The van der Waals surface area contributed by atoms with Crippen LogP contribution in [0.15, 0.2) is 12.1 Å². The molecule has 0 spiro atoms. The number of methoxy groups -OCH3 is 1. The molecule has 0 heterocycles. The predicted molar refractivity (Wildman–Crippen MR) is 96.0 cm³/mol. The van der Waals surface area contributed by atoms with Gasteiger partial charge in [-0.2, -0.15) is 5.26 Å². The number of nitrogens with one attached hydrogen (secondary N) is 1. The lowest BCUT2D eigenvalue weighted by Gasteiger charge is -2.22. The number of nitro groups is 1. The number of nitriles is 1. The Hall–Kier alpha value is -3.35. The number of nitrogens with zero attached hydrogens (tertiary/aromatic N) is 2. The summed E-state index contributed by atoms with van der Waals surface area (Å²) in [5, 5.41) is 23.1. The molecule has 0 radical (unpaired) electrons. The lowest BCUT2D eigenvalue weighted by molar-refractivity contribution is -0.385. The van der Waals surface area contributed by atoms with Gasteiger partial charge in [0, 0.05) is 6.07 Å². The summed E-state index contributed by atoms with van der Waals surface area (Å²) < 4.78 is 15.3. The molecule has 28 heavy (non-hydrogen) atoms. The zero-order valence-electron chi connectivity index (χ0n) is 15.8. The molecule has 10 nitrogen and oxygen atoms in total. The Labute approximate surface area is 161 Å². The molecule has 1 fully saturated rings. The third kappa shape index (κ3) is 4.68. The lowest BCUT2D eigenvalue weighted by atomic mass is 9.98. The Morgan fingerprint density at radius 2 is 2.07 bits per heavy atom. The van der Waals surface area contributed by atoms with Gasteiger partial charge in [0.2, 0.25) is 0 Å². The number of amides is 1. The molecule has 1 N–H and O–H groups in total. The fourth-order valence-electron chi connectivity index (χ4n) is 2.71. The maximum absolute atomic E-state index is 12.3. The van der Waals surface area contributed by atoms with Crippen LogP contribution in [0.4, 0.5) is 5.69 Å². The number of hydrogen-bond donors (Lipinski definition) is 1. The van der Waals surface area contributed by atoms with Crippen LogP contribution in [0.1, 0.15) is 37.0 Å². The fraction of sp³-hybridized carbons (Fsp3) is 0.500. The molecule has 2 rings (SSSR count). The molecule has 0 aromatic heterocycles. The minimum atomic E-state index is -1.06. The van der Waals surface area contributed by atoms with Crippen molar-refractivity contribution in [3.63, 3.8) is 0 Å². The largest absolute Gasteiger partial charge is 0.493 e. The lowest BCUT2D eigenvalue weighted by Crippen LogP contribution is -2.48. The first-order valence-corrected chi connectivity index (χ1v) is 8.64. The second kappa shape index (κ2) is 8.56. The van der Waals surface area contributed by atoms with Gasteiger partial charge in [-0.1, -0.05) is 0 Å². The van der Waals surface area contributed by atoms with Crippen molar-refractivity contribution in [3.05, 3.63) is 27.8 Å². The molecule has 10 heteroatoms.